The van der Waals surface area contributed by atoms with E-state index in [0.717, 1.165) is 24.3 Å². The number of benzene rings is 1. The number of halogens is 3. The number of ether oxygens (including phenoxy) is 1. The third-order valence-corrected chi connectivity index (χ3v) is 5.49. The van der Waals surface area contributed by atoms with Crippen LogP contribution in [0.15, 0.2) is 29.2 Å². The highest BCUT2D eigenvalue weighted by Gasteiger charge is 2.48. The molecule has 160 valence electrons. The molecule has 0 aliphatic carbocycles. The molecular formula is C15H15F3N2O8S. The van der Waals surface area contributed by atoms with Crippen molar-refractivity contribution in [1.29, 1.82) is 0 Å². The summed E-state index contributed by atoms with van der Waals surface area (Å²) in [6.45, 7) is -0.502. The van der Waals surface area contributed by atoms with Crippen molar-refractivity contribution in [2.24, 2.45) is 0 Å². The Kier molecular flexibility index (Phi) is 6.92. The lowest BCUT2D eigenvalue weighted by Gasteiger charge is -2.33. The maximum atomic E-state index is 12.6. The lowest BCUT2D eigenvalue weighted by Crippen LogP contribution is -2.54. The number of carbonyl (C=O) groups excluding carboxylic acids is 2. The fourth-order valence-electron chi connectivity index (χ4n) is 2.72. The highest BCUT2D eigenvalue weighted by atomic mass is 32.2. The Hall–Kier alpha value is -2.58. The highest BCUT2D eigenvalue weighted by molar-refractivity contribution is 7.86. The number of Topliss-reactive ketones (excluding diaryl/α,β-unsaturated/α-hetero) is 1. The van der Waals surface area contributed by atoms with Crippen LogP contribution in [-0.2, 0) is 28.6 Å². The van der Waals surface area contributed by atoms with E-state index < -0.39 is 45.3 Å². The normalized spacial score (nSPS) is 21.2. The highest BCUT2D eigenvalue weighted by Crippen LogP contribution is 2.26. The number of alkyl halides is 3. The van der Waals surface area contributed by atoms with Gasteiger partial charge in [0.15, 0.2) is 6.10 Å². The Morgan fingerprint density at radius 2 is 1.90 bits per heavy atom. The van der Waals surface area contributed by atoms with Gasteiger partial charge in [0.05, 0.1) is 22.0 Å². The van der Waals surface area contributed by atoms with Crippen molar-refractivity contribution in [3.63, 3.8) is 0 Å². The Bertz CT molecular complexity index is 865. The van der Waals surface area contributed by atoms with Crippen LogP contribution in [0.2, 0.25) is 0 Å². The lowest BCUT2D eigenvalue weighted by molar-refractivity contribution is -0.384. The number of hydrogen-bond donors (Lipinski definition) is 1. The minimum Gasteiger partial charge on any atom is -0.454 e. The Morgan fingerprint density at radius 1 is 1.28 bits per heavy atom. The monoisotopic (exact) mass is 440 g/mol. The quantitative estimate of drug-likeness (QED) is 0.272. The summed E-state index contributed by atoms with van der Waals surface area (Å²) in [5.74, 6) is -2.24. The first-order chi connectivity index (χ1) is 13.5. The molecule has 29 heavy (non-hydrogen) atoms. The van der Waals surface area contributed by atoms with E-state index in [2.05, 4.69) is 10.1 Å². The van der Waals surface area contributed by atoms with Crippen molar-refractivity contribution in [2.75, 3.05) is 6.54 Å². The summed E-state index contributed by atoms with van der Waals surface area (Å²) in [7, 11) is -4.29. The molecule has 0 spiro atoms. The van der Waals surface area contributed by atoms with Crippen LogP contribution in [0.3, 0.4) is 0 Å². The summed E-state index contributed by atoms with van der Waals surface area (Å²) >= 11 is 0. The van der Waals surface area contributed by atoms with Crippen LogP contribution < -0.4 is 5.32 Å². The molecule has 14 heteroatoms. The molecule has 0 bridgehead atoms. The molecule has 1 aromatic rings. The zero-order valence-electron chi connectivity index (χ0n) is 14.5. The van der Waals surface area contributed by atoms with Crippen LogP contribution in [0.1, 0.15) is 12.8 Å². The Morgan fingerprint density at radius 3 is 2.34 bits per heavy atom. The number of nitro groups is 1. The van der Waals surface area contributed by atoms with E-state index in [1.807, 2.05) is 0 Å². The first-order valence-corrected chi connectivity index (χ1v) is 9.48. The van der Waals surface area contributed by atoms with Gasteiger partial charge in [-0.2, -0.15) is 21.6 Å². The predicted octanol–water partition coefficient (Wildman–Crippen LogP) is 1.09. The molecule has 2 rings (SSSR count). The van der Waals surface area contributed by atoms with Gasteiger partial charge in [0, 0.05) is 18.7 Å². The predicted molar refractivity (Wildman–Crippen MR) is 88.2 cm³/mol. The number of nitrogens with zero attached hydrogens (tertiary/aromatic N) is 1. The summed E-state index contributed by atoms with van der Waals surface area (Å²) < 4.78 is 71.6. The van der Waals surface area contributed by atoms with Crippen molar-refractivity contribution < 1.29 is 45.0 Å². The molecule has 0 amide bonds. The van der Waals surface area contributed by atoms with E-state index in [-0.39, 0.29) is 36.4 Å². The van der Waals surface area contributed by atoms with E-state index in [1.54, 1.807) is 0 Å². The van der Waals surface area contributed by atoms with Crippen molar-refractivity contribution in [2.45, 2.75) is 42.2 Å². The van der Waals surface area contributed by atoms with Gasteiger partial charge in [-0.25, -0.2) is 0 Å². The van der Waals surface area contributed by atoms with Crippen LogP contribution in [0.4, 0.5) is 18.9 Å². The molecule has 0 aromatic heterocycles. The smallest absolute Gasteiger partial charge is 0.454 e. The molecule has 1 aliphatic heterocycles. The molecule has 3 unspecified atom stereocenters. The van der Waals surface area contributed by atoms with Gasteiger partial charge >= 0.3 is 6.18 Å². The fraction of sp³-hybridized carbons (Fsp3) is 0.467. The second-order valence-corrected chi connectivity index (χ2v) is 7.60. The topological polar surface area (TPSA) is 142 Å². The number of non-ortho nitro benzene ring substituents is 1. The van der Waals surface area contributed by atoms with Crippen LogP contribution in [0.25, 0.3) is 0 Å². The van der Waals surface area contributed by atoms with Gasteiger partial charge in [-0.3, -0.25) is 23.9 Å². The van der Waals surface area contributed by atoms with E-state index >= 15 is 0 Å². The van der Waals surface area contributed by atoms with Gasteiger partial charge in [-0.05, 0) is 25.0 Å². The molecular weight excluding hydrogens is 425 g/mol. The molecule has 1 aromatic carbocycles. The molecule has 10 nitrogen and oxygen atoms in total. The standard InChI is InChI=1S/C15H15F3N2O8S/c16-15(17,18)14(22)13(27-8-21)12-6-3-10(7-19-12)28-29(25,26)11-4-1-9(2-5-11)20(23)24/h1-2,4-5,8,10,12-13,19H,3,6-7H2. The minimum absolute atomic E-state index is 0.0479. The Labute approximate surface area is 162 Å². The zero-order valence-corrected chi connectivity index (χ0v) is 15.3. The van der Waals surface area contributed by atoms with Gasteiger partial charge < -0.3 is 10.1 Å². The summed E-state index contributed by atoms with van der Waals surface area (Å²) in [5, 5.41) is 13.1. The van der Waals surface area contributed by atoms with Crippen LogP contribution in [0.5, 0.6) is 0 Å². The van der Waals surface area contributed by atoms with Gasteiger partial charge in [-0.1, -0.05) is 0 Å². The average Bonchev–Trinajstić information content (AvgIpc) is 2.65. The largest absolute Gasteiger partial charge is 0.454 e. The van der Waals surface area contributed by atoms with Crippen molar-refractivity contribution in [3.05, 3.63) is 34.4 Å². The third kappa shape index (κ3) is 5.71. The fourth-order valence-corrected chi connectivity index (χ4v) is 3.83. The van der Waals surface area contributed by atoms with Crippen molar-refractivity contribution in [3.8, 4) is 0 Å². The van der Waals surface area contributed by atoms with Crippen LogP contribution >= 0.6 is 0 Å². The second kappa shape index (κ2) is 8.84. The van der Waals surface area contributed by atoms with E-state index in [9.17, 15) is 41.3 Å². The summed E-state index contributed by atoms with van der Waals surface area (Å²) in [4.78, 5) is 31.4. The van der Waals surface area contributed by atoms with Crippen molar-refractivity contribution >= 4 is 28.1 Å². The van der Waals surface area contributed by atoms with Crippen LogP contribution in [0, 0.1) is 10.1 Å². The summed E-state index contributed by atoms with van der Waals surface area (Å²) in [6, 6.07) is 2.77. The SMILES string of the molecule is O=COC(C(=O)C(F)(F)F)C1CCC(OS(=O)(=O)c2ccc([N+](=O)[O-])cc2)CN1. The van der Waals surface area contributed by atoms with E-state index in [1.165, 1.54) is 0 Å². The van der Waals surface area contributed by atoms with E-state index in [0.29, 0.717) is 0 Å². The van der Waals surface area contributed by atoms with Gasteiger partial charge in [0.1, 0.15) is 0 Å². The number of hydrogen-bond acceptors (Lipinski definition) is 9. The molecule has 1 N–H and O–H groups in total. The number of piperidine rings is 1. The molecule has 1 heterocycles. The van der Waals surface area contributed by atoms with Gasteiger partial charge in [0.2, 0.25) is 0 Å². The average molecular weight is 440 g/mol. The summed E-state index contributed by atoms with van der Waals surface area (Å²) in [6.07, 6.45) is -8.46. The molecule has 1 saturated heterocycles. The molecule has 3 atom stereocenters. The first kappa shape index (κ1) is 22.7. The zero-order chi connectivity index (χ0) is 21.8. The molecule has 0 radical (unpaired) electrons. The third-order valence-electron chi connectivity index (χ3n) is 4.11. The molecule has 1 fully saturated rings. The molecule has 0 saturated carbocycles. The van der Waals surface area contributed by atoms with Crippen LogP contribution in [-0.4, -0.2) is 56.6 Å². The van der Waals surface area contributed by atoms with Gasteiger partial charge in [0.25, 0.3) is 28.1 Å². The second-order valence-electron chi connectivity index (χ2n) is 6.03. The number of rotatable bonds is 8. The maximum Gasteiger partial charge on any atom is 0.454 e. The van der Waals surface area contributed by atoms with Gasteiger partial charge in [-0.15, -0.1) is 0 Å². The van der Waals surface area contributed by atoms with Crippen molar-refractivity contribution in [1.82, 2.24) is 5.32 Å². The number of nitrogens with one attached hydrogen (secondary N) is 1. The lowest BCUT2D eigenvalue weighted by atomic mass is 9.95. The summed E-state index contributed by atoms with van der Waals surface area (Å²) in [5.41, 5.74) is -0.318. The number of nitro benzene ring substituents is 1. The number of ketones is 1. The Balaban J connectivity index is 2.01. The molecule has 1 aliphatic rings. The minimum atomic E-state index is -5.21. The number of carbonyl (C=O) groups is 2. The van der Waals surface area contributed by atoms with E-state index in [4.69, 9.17) is 4.18 Å². The maximum absolute atomic E-state index is 12.6. The first-order valence-electron chi connectivity index (χ1n) is 8.07.